The molecule has 0 aliphatic heterocycles. The van der Waals surface area contributed by atoms with Crippen molar-refractivity contribution in [3.05, 3.63) is 35.4 Å². The lowest BCUT2D eigenvalue weighted by molar-refractivity contribution is -0.137. The molecule has 27 heavy (non-hydrogen) atoms. The van der Waals surface area contributed by atoms with Gasteiger partial charge in [0, 0.05) is 7.05 Å². The predicted molar refractivity (Wildman–Crippen MR) is 96.1 cm³/mol. The Morgan fingerprint density at radius 1 is 1.22 bits per heavy atom. The van der Waals surface area contributed by atoms with Crippen LogP contribution in [0.15, 0.2) is 24.3 Å². The number of carbonyl (C=O) groups is 2. The monoisotopic (exact) mass is 388 g/mol. The molecule has 1 aromatic rings. The summed E-state index contributed by atoms with van der Waals surface area (Å²) in [6.07, 6.45) is -3.95. The number of hydrogen-bond acceptors (Lipinski definition) is 3. The van der Waals surface area contributed by atoms with Crippen molar-refractivity contribution in [1.82, 2.24) is 10.2 Å². The molecule has 0 saturated heterocycles. The molecule has 1 atom stereocenters. The molecular weight excluding hydrogens is 361 g/mol. The first kappa shape index (κ1) is 22.8. The summed E-state index contributed by atoms with van der Waals surface area (Å²) in [6, 6.07) is 4.33. The van der Waals surface area contributed by atoms with Gasteiger partial charge in [-0.1, -0.05) is 25.5 Å². The third-order valence-electron chi connectivity index (χ3n) is 3.61. The van der Waals surface area contributed by atoms with Gasteiger partial charge in [0.15, 0.2) is 0 Å². The zero-order valence-corrected chi connectivity index (χ0v) is 16.3. The van der Waals surface area contributed by atoms with E-state index in [1.54, 1.807) is 26.8 Å². The maximum absolute atomic E-state index is 12.9. The first-order chi connectivity index (χ1) is 12.3. The van der Waals surface area contributed by atoms with E-state index in [1.165, 1.54) is 13.1 Å². The fraction of sp³-hybridized carbons (Fsp3) is 0.579. The third-order valence-corrected chi connectivity index (χ3v) is 3.61. The Morgan fingerprint density at radius 3 is 2.37 bits per heavy atom. The molecule has 0 bridgehead atoms. The summed E-state index contributed by atoms with van der Waals surface area (Å²) >= 11 is 0. The lowest BCUT2D eigenvalue weighted by atomic mass is 10.00. The molecular formula is C19H27F3N2O3. The van der Waals surface area contributed by atoms with Gasteiger partial charge in [0.2, 0.25) is 5.91 Å². The summed E-state index contributed by atoms with van der Waals surface area (Å²) in [4.78, 5) is 25.3. The molecule has 2 amide bonds. The lowest BCUT2D eigenvalue weighted by Crippen LogP contribution is -2.42. The van der Waals surface area contributed by atoms with Gasteiger partial charge in [-0.25, -0.2) is 4.79 Å². The van der Waals surface area contributed by atoms with E-state index in [1.807, 2.05) is 6.92 Å². The summed E-state index contributed by atoms with van der Waals surface area (Å²) in [7, 11) is 1.42. The number of likely N-dealkylation sites (N-methyl/N-ethyl adjacent to an activating group) is 1. The van der Waals surface area contributed by atoms with Crippen molar-refractivity contribution in [2.45, 2.75) is 58.4 Å². The zero-order chi connectivity index (χ0) is 20.8. The van der Waals surface area contributed by atoms with Gasteiger partial charge in [-0.3, -0.25) is 4.79 Å². The number of amides is 2. The second kappa shape index (κ2) is 9.10. The van der Waals surface area contributed by atoms with Crippen molar-refractivity contribution in [2.24, 2.45) is 0 Å². The number of rotatable bonds is 6. The lowest BCUT2D eigenvalue weighted by Gasteiger charge is -2.25. The van der Waals surface area contributed by atoms with Crippen LogP contribution >= 0.6 is 0 Å². The first-order valence-corrected chi connectivity index (χ1v) is 8.74. The van der Waals surface area contributed by atoms with Crippen molar-refractivity contribution in [2.75, 3.05) is 13.6 Å². The Labute approximate surface area is 157 Å². The van der Waals surface area contributed by atoms with E-state index < -0.39 is 35.4 Å². The second-order valence-corrected chi connectivity index (χ2v) is 7.37. The van der Waals surface area contributed by atoms with E-state index in [4.69, 9.17) is 4.74 Å². The summed E-state index contributed by atoms with van der Waals surface area (Å²) in [5.41, 5.74) is -1.08. The van der Waals surface area contributed by atoms with Crippen LogP contribution in [0.25, 0.3) is 0 Å². The van der Waals surface area contributed by atoms with Crippen molar-refractivity contribution in [3.8, 4) is 0 Å². The minimum Gasteiger partial charge on any atom is -0.444 e. The highest BCUT2D eigenvalue weighted by molar-refractivity contribution is 5.82. The molecule has 0 spiro atoms. The average molecular weight is 388 g/mol. The predicted octanol–water partition coefficient (Wildman–Crippen LogP) is 4.53. The van der Waals surface area contributed by atoms with E-state index >= 15 is 0 Å². The molecule has 1 N–H and O–H groups in total. The van der Waals surface area contributed by atoms with Gasteiger partial charge >= 0.3 is 12.3 Å². The molecule has 0 aliphatic rings. The molecule has 1 rings (SSSR count). The second-order valence-electron chi connectivity index (χ2n) is 7.37. The Hall–Kier alpha value is -2.25. The summed E-state index contributed by atoms with van der Waals surface area (Å²) < 4.78 is 44.0. The fourth-order valence-corrected chi connectivity index (χ4v) is 2.40. The van der Waals surface area contributed by atoms with Gasteiger partial charge in [0.1, 0.15) is 12.1 Å². The van der Waals surface area contributed by atoms with Crippen molar-refractivity contribution >= 4 is 12.0 Å². The smallest absolute Gasteiger partial charge is 0.416 e. The first-order valence-electron chi connectivity index (χ1n) is 8.74. The minimum absolute atomic E-state index is 0.256. The molecule has 152 valence electrons. The third kappa shape index (κ3) is 7.88. The van der Waals surface area contributed by atoms with E-state index in [-0.39, 0.29) is 6.54 Å². The number of hydrogen-bond donors (Lipinski definition) is 1. The van der Waals surface area contributed by atoms with Crippen LogP contribution < -0.4 is 5.32 Å². The van der Waals surface area contributed by atoms with Gasteiger partial charge in [0.25, 0.3) is 0 Å². The summed E-state index contributed by atoms with van der Waals surface area (Å²) in [6.45, 7) is 6.75. The van der Waals surface area contributed by atoms with Crippen LogP contribution in [0.4, 0.5) is 18.0 Å². The fourth-order valence-electron chi connectivity index (χ4n) is 2.40. The highest BCUT2D eigenvalue weighted by atomic mass is 19.4. The normalized spacial score (nSPS) is 13.0. The number of carbonyl (C=O) groups excluding carboxylic acids is 2. The molecule has 0 unspecified atom stereocenters. The van der Waals surface area contributed by atoms with Crippen LogP contribution in [-0.4, -0.2) is 36.1 Å². The van der Waals surface area contributed by atoms with Crippen LogP contribution in [-0.2, 0) is 15.7 Å². The SMILES string of the molecule is CCC[C@@H](NC(=O)CN(C)C(=O)OC(C)(C)C)c1cccc(C(F)(F)F)c1. The minimum atomic E-state index is -4.45. The molecule has 0 aromatic heterocycles. The number of halogens is 3. The molecule has 0 radical (unpaired) electrons. The van der Waals surface area contributed by atoms with Crippen molar-refractivity contribution in [3.63, 3.8) is 0 Å². The van der Waals surface area contributed by atoms with Crippen LogP contribution in [0, 0.1) is 0 Å². The molecule has 5 nitrogen and oxygen atoms in total. The maximum atomic E-state index is 12.9. The number of nitrogens with zero attached hydrogens (tertiary/aromatic N) is 1. The molecule has 0 fully saturated rings. The average Bonchev–Trinajstić information content (AvgIpc) is 2.52. The highest BCUT2D eigenvalue weighted by Crippen LogP contribution is 2.31. The molecule has 0 aliphatic carbocycles. The Bertz CT molecular complexity index is 654. The summed E-state index contributed by atoms with van der Waals surface area (Å²) in [5.74, 6) is -0.473. The zero-order valence-electron chi connectivity index (χ0n) is 16.3. The van der Waals surface area contributed by atoms with E-state index in [0.29, 0.717) is 18.4 Å². The van der Waals surface area contributed by atoms with Crippen LogP contribution in [0.3, 0.4) is 0 Å². The Kier molecular flexibility index (Phi) is 7.68. The van der Waals surface area contributed by atoms with Crippen LogP contribution in [0.1, 0.15) is 57.7 Å². The Balaban J connectivity index is 2.82. The van der Waals surface area contributed by atoms with Gasteiger partial charge in [-0.05, 0) is 44.9 Å². The number of nitrogens with one attached hydrogen (secondary N) is 1. The van der Waals surface area contributed by atoms with Gasteiger partial charge < -0.3 is 15.0 Å². The molecule has 1 aromatic carbocycles. The van der Waals surface area contributed by atoms with Crippen molar-refractivity contribution < 1.29 is 27.5 Å². The van der Waals surface area contributed by atoms with Crippen molar-refractivity contribution in [1.29, 1.82) is 0 Å². The van der Waals surface area contributed by atoms with E-state index in [2.05, 4.69) is 5.32 Å². The van der Waals surface area contributed by atoms with Crippen LogP contribution in [0.5, 0.6) is 0 Å². The number of benzene rings is 1. The number of alkyl halides is 3. The summed E-state index contributed by atoms with van der Waals surface area (Å²) in [5, 5.41) is 2.71. The van der Waals surface area contributed by atoms with Gasteiger partial charge in [0.05, 0.1) is 11.6 Å². The van der Waals surface area contributed by atoms with Gasteiger partial charge in [-0.15, -0.1) is 0 Å². The van der Waals surface area contributed by atoms with E-state index in [9.17, 15) is 22.8 Å². The number of ether oxygens (including phenoxy) is 1. The maximum Gasteiger partial charge on any atom is 0.416 e. The molecule has 0 saturated carbocycles. The topological polar surface area (TPSA) is 58.6 Å². The Morgan fingerprint density at radius 2 is 1.85 bits per heavy atom. The molecule has 0 heterocycles. The highest BCUT2D eigenvalue weighted by Gasteiger charge is 2.31. The van der Waals surface area contributed by atoms with Crippen LogP contribution in [0.2, 0.25) is 0 Å². The molecule has 8 heteroatoms. The largest absolute Gasteiger partial charge is 0.444 e. The standard InChI is InChI=1S/C19H27F3N2O3/c1-6-8-15(13-9-7-10-14(11-13)19(20,21)22)23-16(25)12-24(5)17(26)27-18(2,3)4/h7,9-11,15H,6,8,12H2,1-5H3,(H,23,25)/t15-/m1/s1. The van der Waals surface area contributed by atoms with Gasteiger partial charge in [-0.2, -0.15) is 13.2 Å². The van der Waals surface area contributed by atoms with E-state index in [0.717, 1.165) is 17.0 Å². The quantitative estimate of drug-likeness (QED) is 0.779.